The molecule has 1 aliphatic rings. The van der Waals surface area contributed by atoms with Crippen molar-refractivity contribution in [3.8, 4) is 0 Å². The van der Waals surface area contributed by atoms with Crippen LogP contribution in [0, 0.1) is 6.92 Å². The number of benzene rings is 1. The second kappa shape index (κ2) is 9.16. The molecule has 2 heterocycles. The summed E-state index contributed by atoms with van der Waals surface area (Å²) < 4.78 is 13.7. The highest BCUT2D eigenvalue weighted by atomic mass is 32.1. The number of carbonyl (C=O) groups excluding carboxylic acids is 1. The summed E-state index contributed by atoms with van der Waals surface area (Å²) in [7, 11) is 0. The number of thiocarbonyl (C=S) groups is 1. The van der Waals surface area contributed by atoms with E-state index >= 15 is 0 Å². The minimum absolute atomic E-state index is 0.159. The van der Waals surface area contributed by atoms with Crippen molar-refractivity contribution in [3.05, 3.63) is 53.6 Å². The van der Waals surface area contributed by atoms with E-state index in [1.54, 1.807) is 28.2 Å². The number of carbonyl (C=O) groups is 1. The number of aromatic nitrogens is 2. The van der Waals surface area contributed by atoms with Crippen LogP contribution in [0.25, 0.3) is 0 Å². The molecule has 1 unspecified atom stereocenters. The molecule has 3 rings (SSSR count). The van der Waals surface area contributed by atoms with Gasteiger partial charge in [0, 0.05) is 18.9 Å². The van der Waals surface area contributed by atoms with E-state index < -0.39 is 5.60 Å². The highest BCUT2D eigenvalue weighted by molar-refractivity contribution is 7.80. The van der Waals surface area contributed by atoms with E-state index in [-0.39, 0.29) is 18.2 Å². The number of nitrogens with zero attached hydrogens (tertiary/aromatic N) is 3. The lowest BCUT2D eigenvalue weighted by atomic mass is 9.95. The second-order valence-electron chi connectivity index (χ2n) is 8.70. The summed E-state index contributed by atoms with van der Waals surface area (Å²) in [6.45, 7) is 10.5. The Hall–Kier alpha value is -2.41. The van der Waals surface area contributed by atoms with Crippen LogP contribution in [0.2, 0.25) is 0 Å². The van der Waals surface area contributed by atoms with Crippen molar-refractivity contribution in [3.63, 3.8) is 0 Å². The number of rotatable bonds is 4. The average Bonchev–Trinajstić information content (AvgIpc) is 3.37. The van der Waals surface area contributed by atoms with Crippen molar-refractivity contribution in [1.29, 1.82) is 0 Å². The summed E-state index contributed by atoms with van der Waals surface area (Å²) in [6.07, 6.45) is 6.99. The Balaban J connectivity index is 1.94. The number of imidazole rings is 1. The van der Waals surface area contributed by atoms with Crippen molar-refractivity contribution < 1.29 is 14.3 Å². The van der Waals surface area contributed by atoms with Crippen LogP contribution >= 0.6 is 12.2 Å². The van der Waals surface area contributed by atoms with E-state index in [4.69, 9.17) is 21.7 Å². The van der Waals surface area contributed by atoms with Gasteiger partial charge in [0.2, 0.25) is 0 Å². The number of aryl methyl sites for hydroxylation is 2. The van der Waals surface area contributed by atoms with E-state index in [1.807, 2.05) is 20.8 Å². The van der Waals surface area contributed by atoms with Crippen molar-refractivity contribution in [2.24, 2.45) is 0 Å². The van der Waals surface area contributed by atoms with Gasteiger partial charge in [0.1, 0.15) is 18.0 Å². The fourth-order valence-electron chi connectivity index (χ4n) is 3.81. The Morgan fingerprint density at radius 2 is 2.13 bits per heavy atom. The third-order valence-electron chi connectivity index (χ3n) is 5.30. The average molecular weight is 430 g/mol. The van der Waals surface area contributed by atoms with Crippen molar-refractivity contribution in [2.75, 3.05) is 6.54 Å². The van der Waals surface area contributed by atoms with Gasteiger partial charge in [0.05, 0.1) is 6.04 Å². The Labute approximate surface area is 184 Å². The maximum Gasteiger partial charge on any atom is 0.410 e. The molecule has 1 fully saturated rings. The van der Waals surface area contributed by atoms with Gasteiger partial charge in [-0.25, -0.2) is 9.78 Å². The van der Waals surface area contributed by atoms with Crippen LogP contribution in [0.3, 0.4) is 0 Å². The minimum atomic E-state index is -0.550. The van der Waals surface area contributed by atoms with Gasteiger partial charge in [0.15, 0.2) is 0 Å². The van der Waals surface area contributed by atoms with Crippen LogP contribution in [0.5, 0.6) is 0 Å². The Morgan fingerprint density at radius 1 is 1.37 bits per heavy atom. The molecule has 2 aromatic rings. The van der Waals surface area contributed by atoms with Crippen LogP contribution in [0.4, 0.5) is 4.79 Å². The summed E-state index contributed by atoms with van der Waals surface area (Å²) in [5.41, 5.74) is 2.97. The zero-order valence-corrected chi connectivity index (χ0v) is 19.2. The third-order valence-corrected chi connectivity index (χ3v) is 5.61. The zero-order chi connectivity index (χ0) is 21.9. The van der Waals surface area contributed by atoms with E-state index in [0.717, 1.165) is 24.8 Å². The first-order chi connectivity index (χ1) is 14.2. The topological polar surface area (TPSA) is 56.6 Å². The van der Waals surface area contributed by atoms with Crippen LogP contribution < -0.4 is 0 Å². The standard InChI is InChI=1S/C23H31N3O3S/c1-6-17-14-18(10-9-16(17)2)20(28-22(30)25-13-11-24-15-25)19-8-7-12-26(19)21(27)29-23(3,4)5/h9-11,13-15,19-20H,6-8,12H2,1-5H3/t19-,20?/m0/s1. The van der Waals surface area contributed by atoms with E-state index in [0.29, 0.717) is 11.7 Å². The molecule has 30 heavy (non-hydrogen) atoms. The van der Waals surface area contributed by atoms with Gasteiger partial charge in [-0.2, -0.15) is 0 Å². The molecule has 0 N–H and O–H groups in total. The van der Waals surface area contributed by atoms with Gasteiger partial charge in [-0.15, -0.1) is 0 Å². The second-order valence-corrected chi connectivity index (χ2v) is 9.05. The molecule has 1 amide bonds. The van der Waals surface area contributed by atoms with E-state index in [2.05, 4.69) is 37.0 Å². The van der Waals surface area contributed by atoms with Gasteiger partial charge in [-0.1, -0.05) is 25.1 Å². The van der Waals surface area contributed by atoms with Gasteiger partial charge >= 0.3 is 6.09 Å². The fraction of sp³-hybridized carbons (Fsp3) is 0.522. The molecule has 7 heteroatoms. The van der Waals surface area contributed by atoms with E-state index in [1.165, 1.54) is 11.1 Å². The predicted octanol–water partition coefficient (Wildman–Crippen LogP) is 5.04. The summed E-state index contributed by atoms with van der Waals surface area (Å²) in [5.74, 6) is 0. The predicted molar refractivity (Wildman–Crippen MR) is 121 cm³/mol. The van der Waals surface area contributed by atoms with Gasteiger partial charge in [-0.05, 0) is 75.9 Å². The minimum Gasteiger partial charge on any atom is -0.460 e. The van der Waals surface area contributed by atoms with Crippen LogP contribution in [0.1, 0.15) is 63.3 Å². The maximum absolute atomic E-state index is 12.9. The molecule has 1 aromatic heterocycles. The van der Waals surface area contributed by atoms with Crippen molar-refractivity contribution in [2.45, 2.75) is 71.6 Å². The quantitative estimate of drug-likeness (QED) is 0.637. The molecule has 162 valence electrons. The first-order valence-electron chi connectivity index (χ1n) is 10.5. The molecule has 0 aliphatic carbocycles. The summed E-state index contributed by atoms with van der Waals surface area (Å²) in [5, 5.41) is 0.312. The van der Waals surface area contributed by atoms with Crippen LogP contribution in [0.15, 0.2) is 36.9 Å². The SMILES string of the molecule is CCc1cc(C(OC(=S)n2ccnc2)[C@@H]2CCCN2C(=O)OC(C)(C)C)ccc1C. The molecule has 0 bridgehead atoms. The molecule has 1 aliphatic heterocycles. The van der Waals surface area contributed by atoms with Gasteiger partial charge < -0.3 is 14.4 Å². The molecule has 0 radical (unpaired) electrons. The number of ether oxygens (including phenoxy) is 2. The normalized spacial score (nSPS) is 17.6. The maximum atomic E-state index is 12.9. The molecular weight excluding hydrogens is 398 g/mol. The molecule has 0 saturated carbocycles. The fourth-order valence-corrected chi connectivity index (χ4v) is 4.02. The number of amides is 1. The lowest BCUT2D eigenvalue weighted by molar-refractivity contribution is 0.00708. The Kier molecular flexibility index (Phi) is 6.81. The third kappa shape index (κ3) is 5.19. The first kappa shape index (κ1) is 22.3. The largest absolute Gasteiger partial charge is 0.460 e. The lowest BCUT2D eigenvalue weighted by Crippen LogP contribution is -2.43. The molecular formula is C23H31N3O3S. The summed E-state index contributed by atoms with van der Waals surface area (Å²) in [6, 6.07) is 6.19. The monoisotopic (exact) mass is 429 g/mol. The van der Waals surface area contributed by atoms with Crippen molar-refractivity contribution >= 4 is 23.5 Å². The number of likely N-dealkylation sites (tertiary alicyclic amines) is 1. The molecule has 2 atom stereocenters. The highest BCUT2D eigenvalue weighted by Crippen LogP contribution is 2.34. The van der Waals surface area contributed by atoms with Crippen molar-refractivity contribution in [1.82, 2.24) is 14.5 Å². The summed E-state index contributed by atoms with van der Waals surface area (Å²) >= 11 is 5.53. The van der Waals surface area contributed by atoms with Gasteiger partial charge in [-0.3, -0.25) is 4.57 Å². The molecule has 1 saturated heterocycles. The number of hydrogen-bond acceptors (Lipinski definition) is 5. The summed E-state index contributed by atoms with van der Waals surface area (Å²) in [4.78, 5) is 18.7. The van der Waals surface area contributed by atoms with Crippen LogP contribution in [-0.2, 0) is 15.9 Å². The molecule has 1 aromatic carbocycles. The van der Waals surface area contributed by atoms with Gasteiger partial charge in [0.25, 0.3) is 5.17 Å². The number of hydrogen-bond donors (Lipinski definition) is 0. The lowest BCUT2D eigenvalue weighted by Gasteiger charge is -2.33. The first-order valence-corrected chi connectivity index (χ1v) is 10.9. The van der Waals surface area contributed by atoms with E-state index in [9.17, 15) is 4.79 Å². The highest BCUT2D eigenvalue weighted by Gasteiger charge is 2.39. The molecule has 6 nitrogen and oxygen atoms in total. The Morgan fingerprint density at radius 3 is 2.77 bits per heavy atom. The van der Waals surface area contributed by atoms with Crippen LogP contribution in [-0.4, -0.2) is 43.9 Å². The smallest absolute Gasteiger partial charge is 0.410 e. The zero-order valence-electron chi connectivity index (χ0n) is 18.4. The Bertz CT molecular complexity index is 890. The molecule has 0 spiro atoms.